The monoisotopic (exact) mass is 494 g/mol. The third-order valence-electron chi connectivity index (χ3n) is 7.60. The molecule has 1 aromatic carbocycles. The topological polar surface area (TPSA) is 86.4 Å². The standard InChI is InChI=1S/C26H31FN6O3/c27-21-5-1-2-6-22(21)32-13-10-23(30-32)28-15-19-8-11-26(12-9-19)18-31(25(34)36-26)20-16-29-33(17-20)24-7-3-4-14-35-24/h1-2,5-6,10,13,16-17,19,24H,3-4,7-9,11-12,14-15,18H2,(H,28,30)/t19-,24?,26+. The van der Waals surface area contributed by atoms with Crippen molar-refractivity contribution < 1.29 is 18.7 Å². The molecule has 1 amide bonds. The molecule has 2 aliphatic heterocycles. The van der Waals surface area contributed by atoms with Gasteiger partial charge in [0.2, 0.25) is 0 Å². The van der Waals surface area contributed by atoms with Crippen LogP contribution < -0.4 is 10.2 Å². The van der Waals surface area contributed by atoms with E-state index in [1.807, 2.05) is 16.9 Å². The van der Waals surface area contributed by atoms with Gasteiger partial charge in [0.15, 0.2) is 0 Å². The zero-order chi connectivity index (χ0) is 24.5. The second-order valence-electron chi connectivity index (χ2n) is 10.1. The minimum absolute atomic E-state index is 0.0545. The summed E-state index contributed by atoms with van der Waals surface area (Å²) in [6, 6.07) is 8.44. The molecule has 1 N–H and O–H groups in total. The van der Waals surface area contributed by atoms with Gasteiger partial charge in [-0.25, -0.2) is 18.5 Å². The molecule has 10 heteroatoms. The van der Waals surface area contributed by atoms with E-state index in [1.54, 1.807) is 40.2 Å². The van der Waals surface area contributed by atoms with E-state index < -0.39 is 5.60 Å². The van der Waals surface area contributed by atoms with Crippen molar-refractivity contribution in [1.29, 1.82) is 0 Å². The van der Waals surface area contributed by atoms with Crippen molar-refractivity contribution in [3.8, 4) is 5.69 Å². The Balaban J connectivity index is 1.02. The Morgan fingerprint density at radius 2 is 2.00 bits per heavy atom. The molecule has 2 aromatic heterocycles. The number of anilines is 2. The van der Waals surface area contributed by atoms with E-state index in [9.17, 15) is 9.18 Å². The zero-order valence-electron chi connectivity index (χ0n) is 20.2. The third kappa shape index (κ3) is 4.57. The maximum absolute atomic E-state index is 14.0. The second kappa shape index (κ2) is 9.57. The first-order valence-electron chi connectivity index (χ1n) is 12.8. The van der Waals surface area contributed by atoms with Crippen LogP contribution in [-0.4, -0.2) is 51.0 Å². The van der Waals surface area contributed by atoms with Crippen LogP contribution in [0, 0.1) is 11.7 Å². The van der Waals surface area contributed by atoms with Gasteiger partial charge < -0.3 is 14.8 Å². The number of aromatic nitrogens is 4. The van der Waals surface area contributed by atoms with Crippen molar-refractivity contribution in [2.45, 2.75) is 56.8 Å². The van der Waals surface area contributed by atoms with Gasteiger partial charge in [0.1, 0.15) is 29.2 Å². The predicted octanol–water partition coefficient (Wildman–Crippen LogP) is 4.90. The van der Waals surface area contributed by atoms with Gasteiger partial charge >= 0.3 is 6.09 Å². The van der Waals surface area contributed by atoms with Crippen LogP contribution in [0.4, 0.5) is 20.7 Å². The fourth-order valence-electron chi connectivity index (χ4n) is 5.49. The summed E-state index contributed by atoms with van der Waals surface area (Å²) in [6.07, 6.45) is 11.7. The highest BCUT2D eigenvalue weighted by Crippen LogP contribution is 2.41. The number of carbonyl (C=O) groups is 1. The lowest BCUT2D eigenvalue weighted by Crippen LogP contribution is -2.39. The van der Waals surface area contributed by atoms with E-state index >= 15 is 0 Å². The average molecular weight is 495 g/mol. The fraction of sp³-hybridized carbons (Fsp3) is 0.500. The van der Waals surface area contributed by atoms with E-state index in [0.717, 1.165) is 69.6 Å². The number of rotatable bonds is 6. The molecular formula is C26H31FN6O3. The first kappa shape index (κ1) is 23.0. The first-order valence-corrected chi connectivity index (χ1v) is 12.8. The van der Waals surface area contributed by atoms with Crippen molar-refractivity contribution in [2.75, 3.05) is 29.9 Å². The molecule has 1 unspecified atom stereocenters. The summed E-state index contributed by atoms with van der Waals surface area (Å²) in [5, 5.41) is 12.3. The van der Waals surface area contributed by atoms with Crippen LogP contribution >= 0.6 is 0 Å². The van der Waals surface area contributed by atoms with Crippen LogP contribution in [0.3, 0.4) is 0 Å². The van der Waals surface area contributed by atoms with E-state index in [4.69, 9.17) is 9.47 Å². The summed E-state index contributed by atoms with van der Waals surface area (Å²) in [5.41, 5.74) is 0.749. The predicted molar refractivity (Wildman–Crippen MR) is 132 cm³/mol. The summed E-state index contributed by atoms with van der Waals surface area (Å²) in [7, 11) is 0. The molecule has 36 heavy (non-hydrogen) atoms. The van der Waals surface area contributed by atoms with Crippen LogP contribution in [0.5, 0.6) is 0 Å². The van der Waals surface area contributed by atoms with Gasteiger partial charge in [-0.3, -0.25) is 4.90 Å². The van der Waals surface area contributed by atoms with E-state index in [-0.39, 0.29) is 18.1 Å². The Morgan fingerprint density at radius 3 is 2.81 bits per heavy atom. The molecule has 4 heterocycles. The third-order valence-corrected chi connectivity index (χ3v) is 7.60. The quantitative estimate of drug-likeness (QED) is 0.524. The lowest BCUT2D eigenvalue weighted by molar-refractivity contribution is -0.0394. The maximum Gasteiger partial charge on any atom is 0.415 e. The van der Waals surface area contributed by atoms with Gasteiger partial charge in [0.25, 0.3) is 0 Å². The van der Waals surface area contributed by atoms with Gasteiger partial charge in [-0.05, 0) is 63.0 Å². The van der Waals surface area contributed by atoms with Crippen LogP contribution in [0.1, 0.15) is 51.2 Å². The highest BCUT2D eigenvalue weighted by molar-refractivity contribution is 5.90. The van der Waals surface area contributed by atoms with Gasteiger partial charge in [0, 0.05) is 25.4 Å². The molecule has 6 rings (SSSR count). The summed E-state index contributed by atoms with van der Waals surface area (Å²) in [6.45, 7) is 2.07. The van der Waals surface area contributed by atoms with Crippen molar-refractivity contribution in [3.05, 3.63) is 54.7 Å². The van der Waals surface area contributed by atoms with E-state index in [0.29, 0.717) is 18.2 Å². The number of hydrogen-bond donors (Lipinski definition) is 1. The summed E-state index contributed by atoms with van der Waals surface area (Å²) in [4.78, 5) is 14.5. The number of nitrogens with one attached hydrogen (secondary N) is 1. The molecule has 1 spiro atoms. The summed E-state index contributed by atoms with van der Waals surface area (Å²) < 4.78 is 29.1. The van der Waals surface area contributed by atoms with E-state index in [1.165, 1.54) is 6.07 Å². The SMILES string of the molecule is O=C1O[C@]2(CC[C@@H](CNc3ccn(-c4ccccc4F)n3)CC2)CN1c1cnn(C2CCCCO2)c1. The van der Waals surface area contributed by atoms with Crippen LogP contribution in [0.2, 0.25) is 0 Å². The number of benzene rings is 1. The molecule has 2 saturated heterocycles. The summed E-state index contributed by atoms with van der Waals surface area (Å²) in [5.74, 6) is 0.865. The Morgan fingerprint density at radius 1 is 1.14 bits per heavy atom. The largest absolute Gasteiger partial charge is 0.441 e. The number of para-hydroxylation sites is 1. The number of carbonyl (C=O) groups excluding carboxylic acids is 1. The molecule has 3 fully saturated rings. The number of nitrogens with zero attached hydrogens (tertiary/aromatic N) is 5. The number of amides is 1. The molecule has 9 nitrogen and oxygen atoms in total. The van der Waals surface area contributed by atoms with Gasteiger partial charge in [-0.15, -0.1) is 0 Å². The molecule has 1 saturated carbocycles. The van der Waals surface area contributed by atoms with Crippen LogP contribution in [-0.2, 0) is 9.47 Å². The van der Waals surface area contributed by atoms with Crippen LogP contribution in [0.15, 0.2) is 48.9 Å². The molecule has 1 atom stereocenters. The molecule has 1 aliphatic carbocycles. The Kier molecular flexibility index (Phi) is 6.12. The Bertz CT molecular complexity index is 1210. The minimum atomic E-state index is -0.441. The molecule has 0 bridgehead atoms. The smallest absolute Gasteiger partial charge is 0.415 e. The molecule has 190 valence electrons. The van der Waals surface area contributed by atoms with E-state index in [2.05, 4.69) is 15.5 Å². The summed E-state index contributed by atoms with van der Waals surface area (Å²) >= 11 is 0. The molecule has 0 radical (unpaired) electrons. The Labute approximate surface area is 209 Å². The molecule has 3 aromatic rings. The second-order valence-corrected chi connectivity index (χ2v) is 10.1. The zero-order valence-corrected chi connectivity index (χ0v) is 20.2. The van der Waals surface area contributed by atoms with Crippen molar-refractivity contribution >= 4 is 17.6 Å². The number of halogens is 1. The first-order chi connectivity index (χ1) is 17.6. The van der Waals surface area contributed by atoms with Crippen LogP contribution in [0.25, 0.3) is 5.69 Å². The van der Waals surface area contributed by atoms with Crippen molar-refractivity contribution in [3.63, 3.8) is 0 Å². The number of hydrogen-bond acceptors (Lipinski definition) is 6. The van der Waals surface area contributed by atoms with Gasteiger partial charge in [0.05, 0.1) is 24.6 Å². The number of ether oxygens (including phenoxy) is 2. The van der Waals surface area contributed by atoms with Gasteiger partial charge in [-0.1, -0.05) is 12.1 Å². The maximum atomic E-state index is 14.0. The molecule has 3 aliphatic rings. The molecular weight excluding hydrogens is 463 g/mol. The highest BCUT2D eigenvalue weighted by atomic mass is 19.1. The normalized spacial score (nSPS) is 26.4. The lowest BCUT2D eigenvalue weighted by Gasteiger charge is -2.35. The average Bonchev–Trinajstić information content (AvgIpc) is 3.64. The van der Waals surface area contributed by atoms with Crippen molar-refractivity contribution in [1.82, 2.24) is 19.6 Å². The fourth-order valence-corrected chi connectivity index (χ4v) is 5.49. The Hall–Kier alpha value is -3.40. The highest BCUT2D eigenvalue weighted by Gasteiger charge is 2.48. The van der Waals surface area contributed by atoms with Crippen molar-refractivity contribution in [2.24, 2.45) is 5.92 Å². The minimum Gasteiger partial charge on any atom is -0.441 e. The van der Waals surface area contributed by atoms with Gasteiger partial charge in [-0.2, -0.15) is 10.2 Å². The lowest BCUT2D eigenvalue weighted by atomic mass is 9.78.